The summed E-state index contributed by atoms with van der Waals surface area (Å²) in [5, 5.41) is 11.1. The first kappa shape index (κ1) is 18.6. The zero-order chi connectivity index (χ0) is 17.6. The Kier molecular flexibility index (Phi) is 6.24. The Hall–Kier alpha value is -2.44. The molecular formula is C14H17N3O5S. The standard InChI is InChI=1S/C14H17N3O5S/c1-10(8-15)22-14(19)9-17(3)23(20,21)13-6-4-12(5-7-13)16-11(2)18/h4-7,10H,9H2,1-3H3,(H,16,18)/t10-/m0/s1. The number of carbonyl (C=O) groups is 2. The number of nitriles is 1. The van der Waals surface area contributed by atoms with E-state index in [9.17, 15) is 18.0 Å². The van der Waals surface area contributed by atoms with Crippen molar-refractivity contribution >= 4 is 27.6 Å². The minimum atomic E-state index is -3.88. The molecule has 0 aliphatic carbocycles. The molecule has 0 heterocycles. The van der Waals surface area contributed by atoms with Gasteiger partial charge in [-0.3, -0.25) is 9.59 Å². The van der Waals surface area contributed by atoms with E-state index in [-0.39, 0.29) is 10.8 Å². The summed E-state index contributed by atoms with van der Waals surface area (Å²) in [5.74, 6) is -1.09. The van der Waals surface area contributed by atoms with Crippen LogP contribution in [0.2, 0.25) is 0 Å². The number of ether oxygens (including phenoxy) is 1. The van der Waals surface area contributed by atoms with Crippen LogP contribution in [0.3, 0.4) is 0 Å². The van der Waals surface area contributed by atoms with E-state index in [2.05, 4.69) is 5.32 Å². The molecule has 0 aliphatic rings. The number of nitrogens with zero attached hydrogens (tertiary/aromatic N) is 2. The number of benzene rings is 1. The Bertz CT molecular complexity index is 722. The Morgan fingerprint density at radius 2 is 1.91 bits per heavy atom. The summed E-state index contributed by atoms with van der Waals surface area (Å²) in [6.07, 6.45) is -0.949. The van der Waals surface area contributed by atoms with Crippen LogP contribution in [0.4, 0.5) is 5.69 Å². The lowest BCUT2D eigenvalue weighted by molar-refractivity contribution is -0.145. The highest BCUT2D eigenvalue weighted by Gasteiger charge is 2.24. The fourth-order valence-corrected chi connectivity index (χ4v) is 2.74. The molecule has 0 radical (unpaired) electrons. The predicted molar refractivity (Wildman–Crippen MR) is 81.7 cm³/mol. The molecule has 9 heteroatoms. The van der Waals surface area contributed by atoms with Crippen molar-refractivity contribution in [3.8, 4) is 6.07 Å². The van der Waals surface area contributed by atoms with Crippen LogP contribution in [0, 0.1) is 11.3 Å². The van der Waals surface area contributed by atoms with Crippen LogP contribution >= 0.6 is 0 Å². The second-order valence-corrected chi connectivity index (χ2v) is 6.77. The average Bonchev–Trinajstić information content (AvgIpc) is 2.46. The maximum absolute atomic E-state index is 12.3. The second kappa shape index (κ2) is 7.71. The Morgan fingerprint density at radius 1 is 1.35 bits per heavy atom. The van der Waals surface area contributed by atoms with Crippen molar-refractivity contribution in [1.29, 1.82) is 5.26 Å². The van der Waals surface area contributed by atoms with E-state index in [4.69, 9.17) is 10.00 Å². The van der Waals surface area contributed by atoms with Crippen molar-refractivity contribution in [3.05, 3.63) is 24.3 Å². The maximum Gasteiger partial charge on any atom is 0.322 e. The highest BCUT2D eigenvalue weighted by molar-refractivity contribution is 7.89. The number of carbonyl (C=O) groups excluding carboxylic acids is 2. The molecule has 0 saturated carbocycles. The third-order valence-electron chi connectivity index (χ3n) is 2.72. The molecule has 0 bridgehead atoms. The fraction of sp³-hybridized carbons (Fsp3) is 0.357. The van der Waals surface area contributed by atoms with Gasteiger partial charge in [-0.15, -0.1) is 0 Å². The van der Waals surface area contributed by atoms with Crippen LogP contribution in [0.25, 0.3) is 0 Å². The van der Waals surface area contributed by atoms with Gasteiger partial charge in [0.1, 0.15) is 12.6 Å². The summed E-state index contributed by atoms with van der Waals surface area (Å²) in [6.45, 7) is 2.21. The number of rotatable bonds is 6. The van der Waals surface area contributed by atoms with Gasteiger partial charge in [0.25, 0.3) is 0 Å². The van der Waals surface area contributed by atoms with E-state index in [0.717, 1.165) is 4.31 Å². The van der Waals surface area contributed by atoms with Crippen LogP contribution < -0.4 is 5.32 Å². The van der Waals surface area contributed by atoms with E-state index < -0.39 is 28.6 Å². The van der Waals surface area contributed by atoms with Gasteiger partial charge in [0.05, 0.1) is 4.90 Å². The predicted octanol–water partition coefficient (Wildman–Crippen LogP) is 0.721. The Morgan fingerprint density at radius 3 is 2.39 bits per heavy atom. The van der Waals surface area contributed by atoms with Gasteiger partial charge in [-0.25, -0.2) is 8.42 Å². The van der Waals surface area contributed by atoms with E-state index in [1.807, 2.05) is 0 Å². The SMILES string of the molecule is CC(=O)Nc1ccc(S(=O)(=O)N(C)CC(=O)O[C@@H](C)C#N)cc1. The number of hydrogen-bond donors (Lipinski definition) is 1. The number of likely N-dealkylation sites (N-methyl/N-ethyl adjacent to an activating group) is 1. The maximum atomic E-state index is 12.3. The lowest BCUT2D eigenvalue weighted by Gasteiger charge is -2.17. The molecule has 8 nitrogen and oxygen atoms in total. The number of amides is 1. The van der Waals surface area contributed by atoms with Crippen molar-refractivity contribution < 1.29 is 22.7 Å². The van der Waals surface area contributed by atoms with Crippen molar-refractivity contribution in [3.63, 3.8) is 0 Å². The Balaban J connectivity index is 2.83. The van der Waals surface area contributed by atoms with Gasteiger partial charge in [0.15, 0.2) is 6.10 Å². The molecule has 0 spiro atoms. The molecule has 0 aliphatic heterocycles. The number of hydrogen-bond acceptors (Lipinski definition) is 6. The first-order valence-corrected chi connectivity index (χ1v) is 8.04. The molecular weight excluding hydrogens is 322 g/mol. The van der Waals surface area contributed by atoms with Gasteiger partial charge < -0.3 is 10.1 Å². The summed E-state index contributed by atoms with van der Waals surface area (Å²) < 4.78 is 30.2. The van der Waals surface area contributed by atoms with Crippen molar-refractivity contribution in [2.45, 2.75) is 24.8 Å². The number of nitrogens with one attached hydrogen (secondary N) is 1. The van der Waals surface area contributed by atoms with E-state index >= 15 is 0 Å². The van der Waals surface area contributed by atoms with E-state index in [0.29, 0.717) is 5.69 Å². The molecule has 1 aromatic carbocycles. The number of sulfonamides is 1. The number of anilines is 1. The molecule has 0 saturated heterocycles. The molecule has 1 amide bonds. The highest BCUT2D eigenvalue weighted by atomic mass is 32.2. The quantitative estimate of drug-likeness (QED) is 0.763. The average molecular weight is 339 g/mol. The van der Waals surface area contributed by atoms with Crippen LogP contribution in [0.15, 0.2) is 29.2 Å². The summed E-state index contributed by atoms with van der Waals surface area (Å²) in [6, 6.07) is 7.24. The van der Waals surface area contributed by atoms with Crippen molar-refractivity contribution in [2.24, 2.45) is 0 Å². The molecule has 23 heavy (non-hydrogen) atoms. The summed E-state index contributed by atoms with van der Waals surface area (Å²) in [7, 11) is -2.65. The minimum Gasteiger partial charge on any atom is -0.446 e. The Labute approximate surface area is 134 Å². The molecule has 0 fully saturated rings. The highest BCUT2D eigenvalue weighted by Crippen LogP contribution is 2.17. The smallest absolute Gasteiger partial charge is 0.322 e. The summed E-state index contributed by atoms with van der Waals surface area (Å²) in [5.41, 5.74) is 0.460. The van der Waals surface area contributed by atoms with E-state index in [1.165, 1.54) is 45.2 Å². The largest absolute Gasteiger partial charge is 0.446 e. The molecule has 1 atom stereocenters. The van der Waals surface area contributed by atoms with Crippen LogP contribution in [0.1, 0.15) is 13.8 Å². The van der Waals surface area contributed by atoms with Gasteiger partial charge in [0.2, 0.25) is 15.9 Å². The van der Waals surface area contributed by atoms with Crippen LogP contribution in [-0.2, 0) is 24.3 Å². The molecule has 1 N–H and O–H groups in total. The van der Waals surface area contributed by atoms with Crippen LogP contribution in [-0.4, -0.2) is 44.3 Å². The van der Waals surface area contributed by atoms with Crippen molar-refractivity contribution in [2.75, 3.05) is 18.9 Å². The molecule has 1 aromatic rings. The fourth-order valence-electron chi connectivity index (χ4n) is 1.62. The molecule has 0 unspecified atom stereocenters. The zero-order valence-corrected chi connectivity index (χ0v) is 13.8. The normalized spacial score (nSPS) is 12.3. The van der Waals surface area contributed by atoms with Gasteiger partial charge in [-0.1, -0.05) is 0 Å². The van der Waals surface area contributed by atoms with Gasteiger partial charge in [0, 0.05) is 19.7 Å². The van der Waals surface area contributed by atoms with Gasteiger partial charge in [-0.05, 0) is 31.2 Å². The molecule has 1 rings (SSSR count). The topological polar surface area (TPSA) is 117 Å². The van der Waals surface area contributed by atoms with Crippen molar-refractivity contribution in [1.82, 2.24) is 4.31 Å². The molecule has 124 valence electrons. The van der Waals surface area contributed by atoms with E-state index in [1.54, 1.807) is 6.07 Å². The second-order valence-electron chi connectivity index (χ2n) is 4.73. The summed E-state index contributed by atoms with van der Waals surface area (Å²) >= 11 is 0. The van der Waals surface area contributed by atoms with Gasteiger partial charge in [-0.2, -0.15) is 9.57 Å². The first-order valence-electron chi connectivity index (χ1n) is 6.60. The van der Waals surface area contributed by atoms with Gasteiger partial charge >= 0.3 is 5.97 Å². The minimum absolute atomic E-state index is 0.0322. The monoisotopic (exact) mass is 339 g/mol. The summed E-state index contributed by atoms with van der Waals surface area (Å²) in [4.78, 5) is 22.4. The number of esters is 1. The first-order chi connectivity index (χ1) is 10.7. The van der Waals surface area contributed by atoms with Crippen LogP contribution in [0.5, 0.6) is 0 Å². The zero-order valence-electron chi connectivity index (χ0n) is 12.9. The lowest BCUT2D eigenvalue weighted by Crippen LogP contribution is -2.34. The third kappa shape index (κ3) is 5.36. The lowest BCUT2D eigenvalue weighted by atomic mass is 10.3. The molecule has 0 aromatic heterocycles. The third-order valence-corrected chi connectivity index (χ3v) is 4.54.